The summed E-state index contributed by atoms with van der Waals surface area (Å²) >= 11 is 0. The van der Waals surface area contributed by atoms with Crippen LogP contribution in [0.2, 0.25) is 0 Å². The molecule has 70 valence electrons. The lowest BCUT2D eigenvalue weighted by molar-refractivity contribution is -0.139. The fraction of sp³-hybridized carbons (Fsp3) is 0.667. The Balaban J connectivity index is 3.19. The van der Waals surface area contributed by atoms with Gasteiger partial charge in [0.1, 0.15) is 0 Å². The largest absolute Gasteiger partial charge is 0.469 e. The molecule has 0 aliphatic carbocycles. The molecule has 0 aromatic heterocycles. The monoisotopic (exact) mass is 172 g/mol. The Bertz CT molecular complexity index is 141. The maximum absolute atomic E-state index is 10.6. The van der Waals surface area contributed by atoms with Crippen LogP contribution in [0.1, 0.15) is 25.7 Å². The van der Waals surface area contributed by atoms with E-state index in [1.165, 1.54) is 7.11 Å². The number of ether oxygens (including phenoxy) is 1. The summed E-state index contributed by atoms with van der Waals surface area (Å²) in [6.45, 7) is 0.241. The van der Waals surface area contributed by atoms with Crippen LogP contribution < -0.4 is 0 Å². The lowest BCUT2D eigenvalue weighted by Crippen LogP contribution is -1.96. The molecule has 0 heterocycles. The van der Waals surface area contributed by atoms with Gasteiger partial charge in [-0.2, -0.15) is 0 Å². The van der Waals surface area contributed by atoms with Crippen molar-refractivity contribution in [1.29, 1.82) is 0 Å². The van der Waals surface area contributed by atoms with Gasteiger partial charge in [-0.25, -0.2) is 0 Å². The van der Waals surface area contributed by atoms with Gasteiger partial charge < -0.3 is 9.84 Å². The van der Waals surface area contributed by atoms with Crippen LogP contribution in [-0.2, 0) is 9.53 Å². The van der Waals surface area contributed by atoms with Crippen LogP contribution in [0.15, 0.2) is 12.2 Å². The molecule has 0 aliphatic rings. The van der Waals surface area contributed by atoms with Crippen molar-refractivity contribution in [3.8, 4) is 0 Å². The molecular formula is C9H16O3. The van der Waals surface area contributed by atoms with Crippen molar-refractivity contribution in [2.45, 2.75) is 25.7 Å². The lowest BCUT2D eigenvalue weighted by Gasteiger charge is -1.93. The average Bonchev–Trinajstić information content (AvgIpc) is 2.10. The van der Waals surface area contributed by atoms with Crippen molar-refractivity contribution in [3.63, 3.8) is 0 Å². The number of unbranched alkanes of at least 4 members (excludes halogenated alkanes) is 2. The van der Waals surface area contributed by atoms with Crippen molar-refractivity contribution in [1.82, 2.24) is 0 Å². The first-order chi connectivity index (χ1) is 5.81. The molecule has 0 atom stereocenters. The summed E-state index contributed by atoms with van der Waals surface area (Å²) in [5, 5.41) is 8.45. The number of carbonyl (C=O) groups excluding carboxylic acids is 1. The minimum atomic E-state index is -0.214. The fourth-order valence-electron chi connectivity index (χ4n) is 0.755. The van der Waals surface area contributed by atoms with E-state index in [0.717, 1.165) is 19.3 Å². The Hall–Kier alpha value is -0.830. The maximum atomic E-state index is 10.6. The normalized spacial score (nSPS) is 10.5. The molecule has 0 aliphatic heterocycles. The van der Waals surface area contributed by atoms with Gasteiger partial charge in [-0.3, -0.25) is 4.79 Å². The molecule has 0 bridgehead atoms. The average molecular weight is 172 g/mol. The summed E-state index contributed by atoms with van der Waals surface area (Å²) in [7, 11) is 1.38. The Morgan fingerprint density at radius 3 is 2.75 bits per heavy atom. The first-order valence-corrected chi connectivity index (χ1v) is 4.14. The van der Waals surface area contributed by atoms with Crippen LogP contribution >= 0.6 is 0 Å². The molecule has 0 rings (SSSR count). The molecule has 3 nitrogen and oxygen atoms in total. The molecule has 0 amide bonds. The number of hydrogen-bond donors (Lipinski definition) is 1. The second kappa shape index (κ2) is 8.27. The van der Waals surface area contributed by atoms with E-state index in [1.54, 1.807) is 6.08 Å². The van der Waals surface area contributed by atoms with Gasteiger partial charge in [-0.15, -0.1) is 0 Å². The summed E-state index contributed by atoms with van der Waals surface area (Å²) in [5.41, 5.74) is 0. The summed E-state index contributed by atoms with van der Waals surface area (Å²) in [5.74, 6) is -0.214. The number of carbonyl (C=O) groups is 1. The standard InChI is InChI=1S/C9H16O3/c1-12-9(11)7-5-3-2-4-6-8-10/h3,5,10H,2,4,6-8H2,1H3/b5-3-. The van der Waals surface area contributed by atoms with E-state index in [4.69, 9.17) is 5.11 Å². The van der Waals surface area contributed by atoms with E-state index < -0.39 is 0 Å². The van der Waals surface area contributed by atoms with E-state index in [0.29, 0.717) is 6.42 Å². The number of aliphatic hydroxyl groups is 1. The van der Waals surface area contributed by atoms with E-state index in [9.17, 15) is 4.79 Å². The molecular weight excluding hydrogens is 156 g/mol. The highest BCUT2D eigenvalue weighted by Crippen LogP contribution is 1.96. The van der Waals surface area contributed by atoms with Crippen LogP contribution in [-0.4, -0.2) is 24.8 Å². The van der Waals surface area contributed by atoms with Gasteiger partial charge in [0.25, 0.3) is 0 Å². The molecule has 0 saturated carbocycles. The van der Waals surface area contributed by atoms with Gasteiger partial charge in [0.15, 0.2) is 0 Å². The molecule has 12 heavy (non-hydrogen) atoms. The minimum absolute atomic E-state index is 0.214. The molecule has 0 unspecified atom stereocenters. The van der Waals surface area contributed by atoms with Crippen LogP contribution in [0, 0.1) is 0 Å². The Kier molecular flexibility index (Phi) is 7.70. The number of aliphatic hydroxyl groups excluding tert-OH is 1. The van der Waals surface area contributed by atoms with Crippen LogP contribution in [0.25, 0.3) is 0 Å². The Morgan fingerprint density at radius 1 is 1.42 bits per heavy atom. The first kappa shape index (κ1) is 11.2. The van der Waals surface area contributed by atoms with Gasteiger partial charge in [0.2, 0.25) is 0 Å². The first-order valence-electron chi connectivity index (χ1n) is 4.14. The Labute approximate surface area is 73.0 Å². The summed E-state index contributed by atoms with van der Waals surface area (Å²) in [6.07, 6.45) is 6.78. The zero-order valence-electron chi connectivity index (χ0n) is 7.45. The predicted molar refractivity (Wildman–Crippen MR) is 46.7 cm³/mol. The van der Waals surface area contributed by atoms with Crippen LogP contribution in [0.5, 0.6) is 0 Å². The predicted octanol–water partition coefficient (Wildman–Crippen LogP) is 1.27. The molecule has 0 radical (unpaired) electrons. The second-order valence-electron chi connectivity index (χ2n) is 2.47. The van der Waals surface area contributed by atoms with Crippen molar-refractivity contribution in [2.24, 2.45) is 0 Å². The van der Waals surface area contributed by atoms with Crippen LogP contribution in [0.4, 0.5) is 0 Å². The third kappa shape index (κ3) is 7.28. The molecule has 0 aromatic rings. The zero-order chi connectivity index (χ0) is 9.23. The fourth-order valence-corrected chi connectivity index (χ4v) is 0.755. The van der Waals surface area contributed by atoms with E-state index in [-0.39, 0.29) is 12.6 Å². The number of rotatable bonds is 6. The smallest absolute Gasteiger partial charge is 0.309 e. The van der Waals surface area contributed by atoms with Gasteiger partial charge >= 0.3 is 5.97 Å². The SMILES string of the molecule is COC(=O)C/C=C\CCCCO. The van der Waals surface area contributed by atoms with E-state index in [1.807, 2.05) is 6.08 Å². The van der Waals surface area contributed by atoms with Gasteiger partial charge in [0.05, 0.1) is 13.5 Å². The number of allylic oxidation sites excluding steroid dienone is 1. The second-order valence-corrected chi connectivity index (χ2v) is 2.47. The van der Waals surface area contributed by atoms with Crippen molar-refractivity contribution < 1.29 is 14.6 Å². The van der Waals surface area contributed by atoms with Gasteiger partial charge in [0, 0.05) is 6.61 Å². The molecule has 1 N–H and O–H groups in total. The molecule has 0 saturated heterocycles. The minimum Gasteiger partial charge on any atom is -0.469 e. The van der Waals surface area contributed by atoms with Gasteiger partial charge in [-0.05, 0) is 19.3 Å². The maximum Gasteiger partial charge on any atom is 0.309 e. The third-order valence-corrected chi connectivity index (χ3v) is 1.46. The van der Waals surface area contributed by atoms with E-state index >= 15 is 0 Å². The highest BCUT2D eigenvalue weighted by molar-refractivity contribution is 5.70. The summed E-state index contributed by atoms with van der Waals surface area (Å²) in [4.78, 5) is 10.6. The summed E-state index contributed by atoms with van der Waals surface area (Å²) in [6, 6.07) is 0. The van der Waals surface area contributed by atoms with Crippen molar-refractivity contribution >= 4 is 5.97 Å². The third-order valence-electron chi connectivity index (χ3n) is 1.46. The van der Waals surface area contributed by atoms with Crippen molar-refractivity contribution in [2.75, 3.05) is 13.7 Å². The Morgan fingerprint density at radius 2 is 2.17 bits per heavy atom. The molecule has 3 heteroatoms. The topological polar surface area (TPSA) is 46.5 Å². The summed E-state index contributed by atoms with van der Waals surface area (Å²) < 4.78 is 4.45. The zero-order valence-corrected chi connectivity index (χ0v) is 7.45. The number of hydrogen-bond acceptors (Lipinski definition) is 3. The molecule has 0 fully saturated rings. The van der Waals surface area contributed by atoms with Gasteiger partial charge in [-0.1, -0.05) is 12.2 Å². The van der Waals surface area contributed by atoms with Crippen molar-refractivity contribution in [3.05, 3.63) is 12.2 Å². The highest BCUT2D eigenvalue weighted by atomic mass is 16.5. The quantitative estimate of drug-likeness (QED) is 0.373. The number of esters is 1. The lowest BCUT2D eigenvalue weighted by atomic mass is 10.2. The highest BCUT2D eigenvalue weighted by Gasteiger charge is 1.92. The molecule has 0 spiro atoms. The number of methoxy groups -OCH3 is 1. The molecule has 0 aromatic carbocycles. The van der Waals surface area contributed by atoms with Crippen LogP contribution in [0.3, 0.4) is 0 Å². The van der Waals surface area contributed by atoms with E-state index in [2.05, 4.69) is 4.74 Å².